The van der Waals surface area contributed by atoms with E-state index in [2.05, 4.69) is 11.9 Å². The molecule has 0 aliphatic carbocycles. The lowest BCUT2D eigenvalue weighted by Gasteiger charge is -2.24. The fraction of sp³-hybridized carbons (Fsp3) is 0.636. The SMILES string of the molecule is C=CCOCC(NC(=O)OC(C)(C)C)C(=O)[O-]. The van der Waals surface area contributed by atoms with Crippen LogP contribution in [0.1, 0.15) is 20.8 Å². The quantitative estimate of drug-likeness (QED) is 0.518. The monoisotopic (exact) mass is 244 g/mol. The summed E-state index contributed by atoms with van der Waals surface area (Å²) >= 11 is 0. The van der Waals surface area contributed by atoms with E-state index in [9.17, 15) is 14.7 Å². The summed E-state index contributed by atoms with van der Waals surface area (Å²) in [6, 6.07) is -1.25. The summed E-state index contributed by atoms with van der Waals surface area (Å²) in [6.45, 7) is 8.43. The van der Waals surface area contributed by atoms with Gasteiger partial charge < -0.3 is 24.7 Å². The van der Waals surface area contributed by atoms with Gasteiger partial charge in [0, 0.05) is 0 Å². The fourth-order valence-corrected chi connectivity index (χ4v) is 0.888. The summed E-state index contributed by atoms with van der Waals surface area (Å²) in [7, 11) is 0. The summed E-state index contributed by atoms with van der Waals surface area (Å²) < 4.78 is 9.84. The van der Waals surface area contributed by atoms with Crippen molar-refractivity contribution in [2.75, 3.05) is 13.2 Å². The van der Waals surface area contributed by atoms with Gasteiger partial charge in [0.15, 0.2) is 0 Å². The Balaban J connectivity index is 4.20. The minimum absolute atomic E-state index is 0.194. The number of nitrogens with one attached hydrogen (secondary N) is 1. The molecule has 17 heavy (non-hydrogen) atoms. The van der Waals surface area contributed by atoms with Gasteiger partial charge in [-0.1, -0.05) is 6.08 Å². The van der Waals surface area contributed by atoms with Crippen LogP contribution in [0.25, 0.3) is 0 Å². The van der Waals surface area contributed by atoms with Gasteiger partial charge in [-0.15, -0.1) is 6.58 Å². The standard InChI is InChI=1S/C11H19NO5/c1-5-6-16-7-8(9(13)14)12-10(15)17-11(2,3)4/h5,8H,1,6-7H2,2-4H3,(H,12,15)(H,13,14)/p-1. The maximum atomic E-state index is 11.3. The third kappa shape index (κ3) is 8.27. The van der Waals surface area contributed by atoms with Crippen LogP contribution in [0, 0.1) is 0 Å². The van der Waals surface area contributed by atoms with Crippen LogP contribution in [0.5, 0.6) is 0 Å². The lowest BCUT2D eigenvalue weighted by atomic mass is 10.2. The first-order valence-corrected chi connectivity index (χ1v) is 5.15. The first-order chi connectivity index (χ1) is 7.76. The molecule has 1 atom stereocenters. The first-order valence-electron chi connectivity index (χ1n) is 5.15. The van der Waals surface area contributed by atoms with E-state index >= 15 is 0 Å². The molecule has 6 nitrogen and oxygen atoms in total. The Bertz CT molecular complexity index is 282. The van der Waals surface area contributed by atoms with Crippen molar-refractivity contribution < 1.29 is 24.2 Å². The van der Waals surface area contributed by atoms with Crippen LogP contribution in [0.2, 0.25) is 0 Å². The molecule has 0 aromatic rings. The topological polar surface area (TPSA) is 87.7 Å². The minimum Gasteiger partial charge on any atom is -0.548 e. The zero-order valence-corrected chi connectivity index (χ0v) is 10.3. The van der Waals surface area contributed by atoms with Gasteiger partial charge in [-0.25, -0.2) is 4.79 Å². The Morgan fingerprint density at radius 3 is 2.47 bits per heavy atom. The van der Waals surface area contributed by atoms with E-state index in [0.29, 0.717) is 0 Å². The molecule has 98 valence electrons. The van der Waals surface area contributed by atoms with E-state index in [4.69, 9.17) is 9.47 Å². The van der Waals surface area contributed by atoms with Gasteiger partial charge in [-0.3, -0.25) is 0 Å². The molecule has 1 N–H and O–H groups in total. The molecule has 0 aromatic carbocycles. The molecular weight excluding hydrogens is 226 g/mol. The minimum atomic E-state index is -1.43. The molecule has 0 aliphatic rings. The van der Waals surface area contributed by atoms with Crippen molar-refractivity contribution in [3.05, 3.63) is 12.7 Å². The molecule has 1 amide bonds. The van der Waals surface area contributed by atoms with E-state index in [1.165, 1.54) is 6.08 Å². The Hall–Kier alpha value is -1.56. The number of carbonyl (C=O) groups excluding carboxylic acids is 2. The number of carboxylic acid groups (broad SMARTS) is 1. The largest absolute Gasteiger partial charge is 0.548 e. The van der Waals surface area contributed by atoms with Crippen LogP contribution < -0.4 is 10.4 Å². The van der Waals surface area contributed by atoms with E-state index in [0.717, 1.165) is 0 Å². The number of carbonyl (C=O) groups is 2. The van der Waals surface area contributed by atoms with Gasteiger partial charge in [-0.05, 0) is 20.8 Å². The lowest BCUT2D eigenvalue weighted by Crippen LogP contribution is -2.51. The number of aliphatic carboxylic acids is 1. The highest BCUT2D eigenvalue weighted by Gasteiger charge is 2.20. The molecule has 0 radical (unpaired) electrons. The van der Waals surface area contributed by atoms with Crippen LogP contribution in [-0.4, -0.2) is 36.9 Å². The van der Waals surface area contributed by atoms with E-state index in [1.807, 2.05) is 0 Å². The van der Waals surface area contributed by atoms with Gasteiger partial charge in [0.25, 0.3) is 0 Å². The van der Waals surface area contributed by atoms with E-state index in [1.54, 1.807) is 20.8 Å². The molecule has 0 heterocycles. The van der Waals surface area contributed by atoms with E-state index in [-0.39, 0.29) is 13.2 Å². The number of amides is 1. The number of ether oxygens (including phenoxy) is 2. The zero-order chi connectivity index (χ0) is 13.5. The second-order valence-corrected chi connectivity index (χ2v) is 4.34. The molecule has 0 aromatic heterocycles. The third-order valence-electron chi connectivity index (χ3n) is 1.50. The number of hydrogen-bond donors (Lipinski definition) is 1. The maximum Gasteiger partial charge on any atom is 0.408 e. The Kier molecular flexibility index (Phi) is 6.27. The number of alkyl carbamates (subject to hydrolysis) is 1. The molecule has 0 saturated heterocycles. The highest BCUT2D eigenvalue weighted by molar-refractivity contribution is 5.78. The van der Waals surface area contributed by atoms with E-state index < -0.39 is 23.7 Å². The molecule has 0 bridgehead atoms. The van der Waals surface area contributed by atoms with Gasteiger partial charge in [0.05, 0.1) is 25.2 Å². The lowest BCUT2D eigenvalue weighted by molar-refractivity contribution is -0.309. The van der Waals surface area contributed by atoms with Gasteiger partial charge in [0.2, 0.25) is 0 Å². The first kappa shape index (κ1) is 15.4. The Labute approximate surface area is 101 Å². The average molecular weight is 244 g/mol. The van der Waals surface area contributed by atoms with Crippen LogP contribution >= 0.6 is 0 Å². The smallest absolute Gasteiger partial charge is 0.408 e. The molecule has 0 fully saturated rings. The second kappa shape index (κ2) is 6.90. The summed E-state index contributed by atoms with van der Waals surface area (Å²) in [5.74, 6) is -1.43. The maximum absolute atomic E-state index is 11.3. The molecule has 0 aliphatic heterocycles. The van der Waals surface area contributed by atoms with Crippen LogP contribution in [0.15, 0.2) is 12.7 Å². The van der Waals surface area contributed by atoms with Crippen molar-refractivity contribution in [1.82, 2.24) is 5.32 Å². The van der Waals surface area contributed by atoms with Crippen LogP contribution in [0.3, 0.4) is 0 Å². The molecule has 0 saturated carbocycles. The third-order valence-corrected chi connectivity index (χ3v) is 1.50. The van der Waals surface area contributed by atoms with Crippen molar-refractivity contribution in [3.63, 3.8) is 0 Å². The summed E-state index contributed by atoms with van der Waals surface area (Å²) in [5, 5.41) is 12.9. The molecular formula is C11H18NO5-. The van der Waals surface area contributed by atoms with Crippen molar-refractivity contribution in [1.29, 1.82) is 0 Å². The molecule has 0 rings (SSSR count). The average Bonchev–Trinajstić information content (AvgIpc) is 2.13. The van der Waals surface area contributed by atoms with Crippen LogP contribution in [-0.2, 0) is 14.3 Å². The Morgan fingerprint density at radius 1 is 1.47 bits per heavy atom. The summed E-state index contributed by atoms with van der Waals surface area (Å²) in [5.41, 5.74) is -0.692. The van der Waals surface area contributed by atoms with Gasteiger partial charge in [0.1, 0.15) is 5.60 Å². The predicted molar refractivity (Wildman–Crippen MR) is 59.2 cm³/mol. The number of rotatable bonds is 6. The second-order valence-electron chi connectivity index (χ2n) is 4.34. The number of carboxylic acids is 1. The van der Waals surface area contributed by atoms with Crippen molar-refractivity contribution in [3.8, 4) is 0 Å². The fourth-order valence-electron chi connectivity index (χ4n) is 0.888. The predicted octanol–water partition coefficient (Wildman–Crippen LogP) is -0.168. The highest BCUT2D eigenvalue weighted by atomic mass is 16.6. The zero-order valence-electron chi connectivity index (χ0n) is 10.3. The Morgan fingerprint density at radius 2 is 2.06 bits per heavy atom. The normalized spacial score (nSPS) is 12.6. The summed E-state index contributed by atoms with van der Waals surface area (Å²) in [6.07, 6.45) is 0.647. The van der Waals surface area contributed by atoms with Gasteiger partial charge in [-0.2, -0.15) is 0 Å². The number of hydrogen-bond acceptors (Lipinski definition) is 5. The van der Waals surface area contributed by atoms with Gasteiger partial charge >= 0.3 is 6.09 Å². The summed E-state index contributed by atoms with van der Waals surface area (Å²) in [4.78, 5) is 22.0. The molecule has 1 unspecified atom stereocenters. The highest BCUT2D eigenvalue weighted by Crippen LogP contribution is 2.06. The van der Waals surface area contributed by atoms with Crippen molar-refractivity contribution in [2.24, 2.45) is 0 Å². The van der Waals surface area contributed by atoms with Crippen LogP contribution in [0.4, 0.5) is 4.79 Å². The molecule has 0 spiro atoms. The molecule has 6 heteroatoms. The van der Waals surface area contributed by atoms with Crippen molar-refractivity contribution >= 4 is 12.1 Å². The van der Waals surface area contributed by atoms with Crippen molar-refractivity contribution in [2.45, 2.75) is 32.4 Å².